The van der Waals surface area contributed by atoms with E-state index in [1.807, 2.05) is 0 Å². The lowest BCUT2D eigenvalue weighted by atomic mass is 9.88. The molecule has 1 atom stereocenters. The van der Waals surface area contributed by atoms with Gasteiger partial charge in [-0.2, -0.15) is 0 Å². The van der Waals surface area contributed by atoms with Crippen molar-refractivity contribution in [2.75, 3.05) is 0 Å². The van der Waals surface area contributed by atoms with Crippen LogP contribution in [0.25, 0.3) is 0 Å². The van der Waals surface area contributed by atoms with Gasteiger partial charge >= 0.3 is 0 Å². The van der Waals surface area contributed by atoms with Gasteiger partial charge in [0.25, 0.3) is 0 Å². The second kappa shape index (κ2) is 11.9. The molecular weight excluding hydrogens is 408 g/mol. The molecule has 4 aliphatic rings. The standard InChI is InChI=1S/C26H46O4S/c1-19-3-7-21(8-4-19)28-23-11-13-25(14-12-23)30-31(27)26-17-15-24(16-18-26)29-22-9-5-20(2)6-10-22/h19-26H,3-18H2,1-2H3. The predicted molar refractivity (Wildman–Crippen MR) is 126 cm³/mol. The Balaban J connectivity index is 1.09. The zero-order valence-electron chi connectivity index (χ0n) is 20.0. The highest BCUT2D eigenvalue weighted by Crippen LogP contribution is 2.33. The van der Waals surface area contributed by atoms with Crippen LogP contribution in [0.1, 0.15) is 117 Å². The quantitative estimate of drug-likeness (QED) is 0.442. The third-order valence-corrected chi connectivity index (χ3v) is 9.92. The number of hydrogen-bond donors (Lipinski definition) is 0. The smallest absolute Gasteiger partial charge is 0.158 e. The summed E-state index contributed by atoms with van der Waals surface area (Å²) in [6.45, 7) is 4.71. The average Bonchev–Trinajstić information content (AvgIpc) is 2.79. The van der Waals surface area contributed by atoms with Crippen LogP contribution < -0.4 is 0 Å². The van der Waals surface area contributed by atoms with Crippen LogP contribution in [0.2, 0.25) is 0 Å². The van der Waals surface area contributed by atoms with Gasteiger partial charge in [-0.1, -0.05) is 13.8 Å². The SMILES string of the molecule is CC1CCC(OC2CCC(OS(=O)C3CCC(OC4CCC(C)CC4)CC3)CC2)CC1. The molecule has 0 aromatic rings. The first-order valence-corrected chi connectivity index (χ1v) is 14.6. The zero-order valence-corrected chi connectivity index (χ0v) is 20.8. The van der Waals surface area contributed by atoms with Crippen LogP contribution in [0.3, 0.4) is 0 Å². The van der Waals surface area contributed by atoms with Gasteiger partial charge in [0, 0.05) is 0 Å². The van der Waals surface area contributed by atoms with Crippen molar-refractivity contribution in [3.05, 3.63) is 0 Å². The molecule has 4 nitrogen and oxygen atoms in total. The molecule has 0 aromatic heterocycles. The summed E-state index contributed by atoms with van der Waals surface area (Å²) >= 11 is -1.15. The summed E-state index contributed by atoms with van der Waals surface area (Å²) in [5, 5.41) is 0.199. The molecule has 0 amide bonds. The van der Waals surface area contributed by atoms with Gasteiger partial charge in [-0.25, -0.2) is 4.21 Å². The lowest BCUT2D eigenvalue weighted by Crippen LogP contribution is -2.35. The van der Waals surface area contributed by atoms with E-state index < -0.39 is 11.1 Å². The summed E-state index contributed by atoms with van der Waals surface area (Å²) in [4.78, 5) is 0. The molecule has 0 aliphatic heterocycles. The summed E-state index contributed by atoms with van der Waals surface area (Å²) in [6.07, 6.45) is 20.2. The molecule has 31 heavy (non-hydrogen) atoms. The van der Waals surface area contributed by atoms with Crippen LogP contribution >= 0.6 is 0 Å². The molecule has 5 heteroatoms. The minimum absolute atomic E-state index is 0.158. The summed E-state index contributed by atoms with van der Waals surface area (Å²) in [5.74, 6) is 1.74. The Bertz CT molecular complexity index is 538. The van der Waals surface area contributed by atoms with E-state index in [1.165, 1.54) is 51.4 Å². The van der Waals surface area contributed by atoms with Gasteiger partial charge in [0.15, 0.2) is 11.1 Å². The fourth-order valence-corrected chi connectivity index (χ4v) is 7.39. The van der Waals surface area contributed by atoms with E-state index in [0.717, 1.165) is 63.2 Å². The predicted octanol–water partition coefficient (Wildman–Crippen LogP) is 6.48. The number of ether oxygens (including phenoxy) is 2. The van der Waals surface area contributed by atoms with Gasteiger partial charge in [0.05, 0.1) is 35.8 Å². The molecule has 1 unspecified atom stereocenters. The fourth-order valence-electron chi connectivity index (χ4n) is 6.11. The summed E-state index contributed by atoms with van der Waals surface area (Å²) < 4.78 is 31.7. The third kappa shape index (κ3) is 7.52. The molecule has 180 valence electrons. The Morgan fingerprint density at radius 2 is 0.806 bits per heavy atom. The molecule has 0 N–H and O–H groups in total. The van der Waals surface area contributed by atoms with Gasteiger partial charge < -0.3 is 9.47 Å². The molecular formula is C26H46O4S. The number of hydrogen-bond acceptors (Lipinski definition) is 4. The maximum atomic E-state index is 12.8. The summed E-state index contributed by atoms with van der Waals surface area (Å²) in [7, 11) is 0. The van der Waals surface area contributed by atoms with Gasteiger partial charge in [0.2, 0.25) is 0 Å². The molecule has 4 saturated carbocycles. The van der Waals surface area contributed by atoms with E-state index in [2.05, 4.69) is 13.8 Å². The molecule has 0 spiro atoms. The summed E-state index contributed by atoms with van der Waals surface area (Å²) in [6, 6.07) is 0. The van der Waals surface area contributed by atoms with Crippen molar-refractivity contribution in [2.24, 2.45) is 11.8 Å². The highest BCUT2D eigenvalue weighted by Gasteiger charge is 2.32. The maximum Gasteiger partial charge on any atom is 0.158 e. The topological polar surface area (TPSA) is 44.8 Å². The highest BCUT2D eigenvalue weighted by molar-refractivity contribution is 7.80. The molecule has 0 radical (unpaired) electrons. The van der Waals surface area contributed by atoms with E-state index in [9.17, 15) is 4.21 Å². The van der Waals surface area contributed by atoms with Crippen LogP contribution in [0.5, 0.6) is 0 Å². The van der Waals surface area contributed by atoms with Gasteiger partial charge in [-0.15, -0.1) is 0 Å². The fraction of sp³-hybridized carbons (Fsp3) is 1.00. The highest BCUT2D eigenvalue weighted by atomic mass is 32.2. The van der Waals surface area contributed by atoms with Crippen molar-refractivity contribution in [2.45, 2.75) is 152 Å². The maximum absolute atomic E-state index is 12.8. The molecule has 4 fully saturated rings. The van der Waals surface area contributed by atoms with E-state index >= 15 is 0 Å². The van der Waals surface area contributed by atoms with Crippen molar-refractivity contribution >= 4 is 11.1 Å². The third-order valence-electron chi connectivity index (χ3n) is 8.44. The first kappa shape index (κ1) is 24.2. The van der Waals surface area contributed by atoms with Crippen molar-refractivity contribution < 1.29 is 17.9 Å². The van der Waals surface area contributed by atoms with Gasteiger partial charge in [-0.05, 0) is 115 Å². The van der Waals surface area contributed by atoms with Crippen molar-refractivity contribution in [3.8, 4) is 0 Å². The normalized spacial score (nSPS) is 43.4. The van der Waals surface area contributed by atoms with E-state index in [-0.39, 0.29) is 11.4 Å². The Morgan fingerprint density at radius 1 is 0.484 bits per heavy atom. The van der Waals surface area contributed by atoms with Crippen LogP contribution in [0.15, 0.2) is 0 Å². The summed E-state index contributed by atoms with van der Waals surface area (Å²) in [5.41, 5.74) is 0. The van der Waals surface area contributed by atoms with E-state index in [1.54, 1.807) is 0 Å². The second-order valence-corrected chi connectivity index (χ2v) is 12.6. The van der Waals surface area contributed by atoms with Crippen LogP contribution in [0, 0.1) is 11.8 Å². The van der Waals surface area contributed by atoms with E-state index in [4.69, 9.17) is 13.7 Å². The van der Waals surface area contributed by atoms with E-state index in [0.29, 0.717) is 24.4 Å². The Kier molecular flexibility index (Phi) is 9.31. The van der Waals surface area contributed by atoms with Crippen molar-refractivity contribution in [3.63, 3.8) is 0 Å². The molecule has 0 aromatic carbocycles. The lowest BCUT2D eigenvalue weighted by Gasteiger charge is -2.35. The molecule has 0 bridgehead atoms. The number of rotatable bonds is 7. The first-order chi connectivity index (χ1) is 15.0. The van der Waals surface area contributed by atoms with Crippen molar-refractivity contribution in [1.29, 1.82) is 0 Å². The van der Waals surface area contributed by atoms with Crippen LogP contribution in [-0.2, 0) is 24.7 Å². The monoisotopic (exact) mass is 454 g/mol. The zero-order chi connectivity index (χ0) is 21.6. The molecule has 0 saturated heterocycles. The Labute approximate surface area is 193 Å². The van der Waals surface area contributed by atoms with Crippen molar-refractivity contribution in [1.82, 2.24) is 0 Å². The average molecular weight is 455 g/mol. The van der Waals surface area contributed by atoms with Gasteiger partial charge in [0.1, 0.15) is 0 Å². The molecule has 0 heterocycles. The second-order valence-electron chi connectivity index (χ2n) is 11.2. The molecule has 4 aliphatic carbocycles. The van der Waals surface area contributed by atoms with Crippen LogP contribution in [0.4, 0.5) is 0 Å². The van der Waals surface area contributed by atoms with Gasteiger partial charge in [-0.3, -0.25) is 4.18 Å². The first-order valence-electron chi connectivity index (χ1n) is 13.4. The molecule has 4 rings (SSSR count). The largest absolute Gasteiger partial charge is 0.375 e. The lowest BCUT2D eigenvalue weighted by molar-refractivity contribution is -0.0611. The Hall–Kier alpha value is 0.0300. The Morgan fingerprint density at radius 3 is 1.23 bits per heavy atom. The van der Waals surface area contributed by atoms with Crippen LogP contribution in [-0.4, -0.2) is 40.0 Å². The minimum atomic E-state index is -1.15. The minimum Gasteiger partial charge on any atom is -0.375 e.